The van der Waals surface area contributed by atoms with Gasteiger partial charge in [0, 0.05) is 31.2 Å². The molecule has 2 aromatic heterocycles. The van der Waals surface area contributed by atoms with Gasteiger partial charge >= 0.3 is 0 Å². The number of nitrogens with one attached hydrogen (secondary N) is 2. The van der Waals surface area contributed by atoms with Crippen molar-refractivity contribution >= 4 is 50.4 Å². The highest BCUT2D eigenvalue weighted by Crippen LogP contribution is 2.28. The minimum Gasteiger partial charge on any atom is -0.350 e. The summed E-state index contributed by atoms with van der Waals surface area (Å²) in [6.07, 6.45) is 2.92. The van der Waals surface area contributed by atoms with Crippen molar-refractivity contribution in [3.05, 3.63) is 64.8 Å². The molecule has 13 heteroatoms. The van der Waals surface area contributed by atoms with Crippen LogP contribution < -0.4 is 10.6 Å². The van der Waals surface area contributed by atoms with Crippen LogP contribution in [0, 0.1) is 18.6 Å². The Hall–Kier alpha value is -3.35. The summed E-state index contributed by atoms with van der Waals surface area (Å²) in [5.41, 5.74) is 1.44. The van der Waals surface area contributed by atoms with Gasteiger partial charge in [-0.1, -0.05) is 29.3 Å². The van der Waals surface area contributed by atoms with Crippen LogP contribution in [0.4, 0.5) is 26.4 Å². The average Bonchev–Trinajstić information content (AvgIpc) is 3.16. The van der Waals surface area contributed by atoms with E-state index < -0.39 is 21.7 Å². The largest absolute Gasteiger partial charge is 0.350 e. The number of sulfonamides is 1. The highest BCUT2D eigenvalue weighted by atomic mass is 35.5. The molecule has 0 saturated carbocycles. The molecule has 37 heavy (non-hydrogen) atoms. The van der Waals surface area contributed by atoms with Crippen LogP contribution >= 0.6 is 11.6 Å². The first-order valence-corrected chi connectivity index (χ1v) is 13.4. The third-order valence-electron chi connectivity index (χ3n) is 6.23. The van der Waals surface area contributed by atoms with E-state index in [2.05, 4.69) is 25.6 Å². The summed E-state index contributed by atoms with van der Waals surface area (Å²) in [5.74, 6) is -1.25. The molecule has 2 N–H and O–H groups in total. The lowest BCUT2D eigenvalue weighted by Gasteiger charge is -2.32. The monoisotopic (exact) mass is 547 g/mol. The van der Waals surface area contributed by atoms with Crippen molar-refractivity contribution in [3.63, 3.8) is 0 Å². The number of piperidine rings is 1. The Morgan fingerprint density at radius 2 is 1.81 bits per heavy atom. The number of halogens is 3. The van der Waals surface area contributed by atoms with Crippen molar-refractivity contribution < 1.29 is 17.2 Å². The van der Waals surface area contributed by atoms with Gasteiger partial charge in [0.25, 0.3) is 0 Å². The number of aromatic nitrogens is 4. The van der Waals surface area contributed by atoms with Gasteiger partial charge in [0.2, 0.25) is 21.9 Å². The number of aryl methyl sites for hydroxylation is 2. The third-order valence-corrected chi connectivity index (χ3v) is 8.33. The summed E-state index contributed by atoms with van der Waals surface area (Å²) in [6, 6.07) is 8.61. The quantitative estimate of drug-likeness (QED) is 0.363. The molecule has 4 aromatic rings. The van der Waals surface area contributed by atoms with Crippen LogP contribution in [0.3, 0.4) is 0 Å². The first kappa shape index (κ1) is 25.3. The van der Waals surface area contributed by atoms with E-state index in [9.17, 15) is 17.2 Å². The van der Waals surface area contributed by atoms with Gasteiger partial charge in [-0.3, -0.25) is 4.57 Å². The van der Waals surface area contributed by atoms with E-state index >= 15 is 0 Å². The summed E-state index contributed by atoms with van der Waals surface area (Å²) in [6.45, 7) is 2.61. The number of benzene rings is 2. The molecular formula is C24H24ClF2N7O2S. The molecule has 2 aromatic carbocycles. The van der Waals surface area contributed by atoms with Gasteiger partial charge in [-0.15, -0.1) is 0 Å². The lowest BCUT2D eigenvalue weighted by Crippen LogP contribution is -2.45. The maximum atomic E-state index is 14.2. The van der Waals surface area contributed by atoms with Crippen molar-refractivity contribution in [3.8, 4) is 0 Å². The summed E-state index contributed by atoms with van der Waals surface area (Å²) in [7, 11) is -1.97. The minimum atomic E-state index is -3.62. The van der Waals surface area contributed by atoms with Gasteiger partial charge in [0.05, 0.1) is 11.1 Å². The Balaban J connectivity index is 1.34. The summed E-state index contributed by atoms with van der Waals surface area (Å²) in [5, 5.41) is 5.82. The van der Waals surface area contributed by atoms with Gasteiger partial charge in [-0.05, 0) is 44.0 Å². The van der Waals surface area contributed by atoms with Crippen LogP contribution in [0.25, 0.3) is 11.2 Å². The highest BCUT2D eigenvalue weighted by molar-refractivity contribution is 7.89. The smallest absolute Gasteiger partial charge is 0.243 e. The molecule has 1 atom stereocenters. The highest BCUT2D eigenvalue weighted by Gasteiger charge is 2.30. The molecule has 0 amide bonds. The van der Waals surface area contributed by atoms with Crippen molar-refractivity contribution in [1.29, 1.82) is 0 Å². The van der Waals surface area contributed by atoms with Crippen molar-refractivity contribution in [2.24, 2.45) is 7.05 Å². The van der Waals surface area contributed by atoms with Crippen LogP contribution in [0.2, 0.25) is 5.02 Å². The maximum Gasteiger partial charge on any atom is 0.243 e. The fourth-order valence-corrected chi connectivity index (χ4v) is 5.97. The topological polar surface area (TPSA) is 105 Å². The summed E-state index contributed by atoms with van der Waals surface area (Å²) < 4.78 is 57.7. The Kier molecular flexibility index (Phi) is 6.73. The first-order chi connectivity index (χ1) is 17.6. The van der Waals surface area contributed by atoms with Crippen LogP contribution in [0.15, 0.2) is 47.5 Å². The molecule has 1 saturated heterocycles. The minimum absolute atomic E-state index is 0.0555. The molecule has 1 aliphatic heterocycles. The summed E-state index contributed by atoms with van der Waals surface area (Å²) >= 11 is 5.70. The van der Waals surface area contributed by atoms with Crippen LogP contribution in [-0.4, -0.2) is 51.4 Å². The van der Waals surface area contributed by atoms with E-state index in [1.54, 1.807) is 35.9 Å². The Morgan fingerprint density at radius 1 is 1.11 bits per heavy atom. The molecule has 9 nitrogen and oxygen atoms in total. The predicted molar refractivity (Wildman–Crippen MR) is 138 cm³/mol. The molecule has 0 aliphatic carbocycles. The fraction of sp³-hybridized carbons (Fsp3) is 0.292. The number of hydrogen-bond donors (Lipinski definition) is 2. The number of rotatable bonds is 6. The molecule has 1 fully saturated rings. The number of imidazole rings is 1. The third kappa shape index (κ3) is 5.09. The van der Waals surface area contributed by atoms with E-state index in [1.807, 2.05) is 6.92 Å². The molecule has 0 bridgehead atoms. The average molecular weight is 548 g/mol. The SMILES string of the molecule is Cc1ccc(S(=O)(=O)N2CCC[C@@H](Nc3ncc4nc(Nc5c(F)cc(Cl)cc5F)n(C)c4n3)C2)cc1. The second-order valence-corrected chi connectivity index (χ2v) is 11.3. The fourth-order valence-electron chi connectivity index (χ4n) is 4.26. The maximum absolute atomic E-state index is 14.2. The summed E-state index contributed by atoms with van der Waals surface area (Å²) in [4.78, 5) is 13.4. The van der Waals surface area contributed by atoms with Crippen molar-refractivity contribution in [2.75, 3.05) is 23.7 Å². The van der Waals surface area contributed by atoms with Gasteiger partial charge in [0.1, 0.15) is 11.2 Å². The molecule has 0 unspecified atom stereocenters. The molecular weight excluding hydrogens is 524 g/mol. The molecule has 0 spiro atoms. The second-order valence-electron chi connectivity index (χ2n) is 8.93. The van der Waals surface area contributed by atoms with Crippen LogP contribution in [-0.2, 0) is 17.1 Å². The Labute approximate surface area is 217 Å². The number of anilines is 3. The van der Waals surface area contributed by atoms with Crippen molar-refractivity contribution in [2.45, 2.75) is 30.7 Å². The zero-order valence-electron chi connectivity index (χ0n) is 20.0. The standard InChI is InChI=1S/C24H24ClF2N7O2S/c1-14-5-7-17(8-6-14)37(35,36)34-9-3-4-16(13-34)29-23-28-12-20-22(32-23)33(2)24(30-20)31-21-18(26)10-15(25)11-19(21)27/h5-8,10-12,16H,3-4,9,13H2,1-2H3,(H,30,31)(H,28,29,32)/t16-/m1/s1. The molecule has 194 valence electrons. The van der Waals surface area contributed by atoms with Gasteiger partial charge in [0.15, 0.2) is 17.3 Å². The Bertz CT molecular complexity index is 1560. The van der Waals surface area contributed by atoms with E-state index in [0.29, 0.717) is 30.1 Å². The lowest BCUT2D eigenvalue weighted by atomic mass is 10.1. The lowest BCUT2D eigenvalue weighted by molar-refractivity contribution is 0.326. The van der Waals surface area contributed by atoms with Crippen LogP contribution in [0.1, 0.15) is 18.4 Å². The van der Waals surface area contributed by atoms with Gasteiger partial charge in [-0.25, -0.2) is 27.2 Å². The van der Waals surface area contributed by atoms with E-state index in [0.717, 1.165) is 24.1 Å². The predicted octanol–water partition coefficient (Wildman–Crippen LogP) is 4.61. The number of hydrogen-bond acceptors (Lipinski definition) is 7. The molecule has 5 rings (SSSR count). The van der Waals surface area contributed by atoms with E-state index in [1.165, 1.54) is 10.5 Å². The van der Waals surface area contributed by atoms with Gasteiger partial charge in [-0.2, -0.15) is 9.29 Å². The zero-order chi connectivity index (χ0) is 26.3. The molecule has 0 radical (unpaired) electrons. The Morgan fingerprint density at radius 3 is 2.51 bits per heavy atom. The first-order valence-electron chi connectivity index (χ1n) is 11.6. The van der Waals surface area contributed by atoms with Gasteiger partial charge < -0.3 is 10.6 Å². The number of nitrogens with zero attached hydrogens (tertiary/aromatic N) is 5. The van der Waals surface area contributed by atoms with E-state index in [-0.39, 0.29) is 34.1 Å². The zero-order valence-corrected chi connectivity index (χ0v) is 21.6. The van der Waals surface area contributed by atoms with E-state index in [4.69, 9.17) is 11.6 Å². The van der Waals surface area contributed by atoms with Crippen molar-refractivity contribution in [1.82, 2.24) is 23.8 Å². The normalized spacial score (nSPS) is 16.7. The second kappa shape index (κ2) is 9.84. The van der Waals surface area contributed by atoms with Crippen LogP contribution in [0.5, 0.6) is 0 Å². The number of fused-ring (bicyclic) bond motifs is 1. The molecule has 3 heterocycles. The molecule has 1 aliphatic rings.